The SMILES string of the molecule is CCCCOCCCNC(=O)C(C)C(N)c1ccccc1.Cl. The van der Waals surface area contributed by atoms with Crippen molar-refractivity contribution in [2.75, 3.05) is 19.8 Å². The van der Waals surface area contributed by atoms with Crippen molar-refractivity contribution in [3.05, 3.63) is 35.9 Å². The van der Waals surface area contributed by atoms with Crippen molar-refractivity contribution in [1.29, 1.82) is 0 Å². The van der Waals surface area contributed by atoms with E-state index in [0.29, 0.717) is 13.2 Å². The van der Waals surface area contributed by atoms with Gasteiger partial charge in [0.1, 0.15) is 0 Å². The topological polar surface area (TPSA) is 64.3 Å². The molecular weight excluding hydrogens is 300 g/mol. The van der Waals surface area contributed by atoms with Crippen LogP contribution in [0.3, 0.4) is 0 Å². The van der Waals surface area contributed by atoms with Crippen molar-refractivity contribution in [3.63, 3.8) is 0 Å². The lowest BCUT2D eigenvalue weighted by atomic mass is 9.95. The molecule has 1 aromatic rings. The van der Waals surface area contributed by atoms with Gasteiger partial charge < -0.3 is 15.8 Å². The number of ether oxygens (including phenoxy) is 1. The average molecular weight is 329 g/mol. The van der Waals surface area contributed by atoms with Crippen molar-refractivity contribution in [1.82, 2.24) is 5.32 Å². The molecule has 0 radical (unpaired) electrons. The highest BCUT2D eigenvalue weighted by molar-refractivity contribution is 5.85. The zero-order valence-corrected chi connectivity index (χ0v) is 14.4. The van der Waals surface area contributed by atoms with Gasteiger partial charge in [-0.25, -0.2) is 0 Å². The van der Waals surface area contributed by atoms with Crippen molar-refractivity contribution in [2.45, 2.75) is 39.2 Å². The van der Waals surface area contributed by atoms with Crippen LogP contribution in [-0.2, 0) is 9.53 Å². The Morgan fingerprint density at radius 2 is 1.86 bits per heavy atom. The zero-order chi connectivity index (χ0) is 15.5. The van der Waals surface area contributed by atoms with Gasteiger partial charge in [-0.15, -0.1) is 12.4 Å². The highest BCUT2D eigenvalue weighted by Crippen LogP contribution is 2.18. The number of halogens is 1. The van der Waals surface area contributed by atoms with Crippen molar-refractivity contribution in [2.24, 2.45) is 11.7 Å². The molecule has 0 saturated carbocycles. The standard InChI is InChI=1S/C17H28N2O2.ClH/c1-3-4-12-21-13-8-11-19-17(20)14(2)16(18)15-9-6-5-7-10-15;/h5-7,9-10,14,16H,3-4,8,11-13,18H2,1-2H3,(H,19,20);1H. The van der Waals surface area contributed by atoms with Gasteiger partial charge in [0.2, 0.25) is 5.91 Å². The van der Waals surface area contributed by atoms with Crippen LogP contribution in [0.15, 0.2) is 30.3 Å². The molecule has 0 spiro atoms. The van der Waals surface area contributed by atoms with Crippen LogP contribution in [0.1, 0.15) is 44.7 Å². The number of nitrogens with one attached hydrogen (secondary N) is 1. The lowest BCUT2D eigenvalue weighted by Crippen LogP contribution is -2.36. The Labute approximate surface area is 140 Å². The number of nitrogens with two attached hydrogens (primary N) is 1. The second kappa shape index (κ2) is 12.4. The summed E-state index contributed by atoms with van der Waals surface area (Å²) in [6, 6.07) is 9.46. The molecule has 3 N–H and O–H groups in total. The van der Waals surface area contributed by atoms with E-state index in [0.717, 1.165) is 31.4 Å². The summed E-state index contributed by atoms with van der Waals surface area (Å²) in [4.78, 5) is 12.1. The number of benzene rings is 1. The minimum atomic E-state index is -0.271. The van der Waals surface area contributed by atoms with Gasteiger partial charge in [-0.05, 0) is 18.4 Å². The van der Waals surface area contributed by atoms with Gasteiger partial charge in [-0.1, -0.05) is 50.6 Å². The van der Waals surface area contributed by atoms with Crippen LogP contribution in [0.4, 0.5) is 0 Å². The maximum absolute atomic E-state index is 12.1. The van der Waals surface area contributed by atoms with Crippen LogP contribution < -0.4 is 11.1 Å². The van der Waals surface area contributed by atoms with Crippen molar-refractivity contribution >= 4 is 18.3 Å². The predicted octanol–water partition coefficient (Wildman–Crippen LogP) is 3.07. The summed E-state index contributed by atoms with van der Waals surface area (Å²) < 4.78 is 5.46. The number of amides is 1. The second-order valence-corrected chi connectivity index (χ2v) is 5.34. The van der Waals surface area contributed by atoms with Gasteiger partial charge >= 0.3 is 0 Å². The van der Waals surface area contributed by atoms with Gasteiger partial charge in [0, 0.05) is 25.8 Å². The van der Waals surface area contributed by atoms with Crippen LogP contribution in [0, 0.1) is 5.92 Å². The maximum Gasteiger partial charge on any atom is 0.224 e. The molecule has 2 unspecified atom stereocenters. The number of hydrogen-bond donors (Lipinski definition) is 2. The van der Waals surface area contributed by atoms with E-state index in [-0.39, 0.29) is 30.3 Å². The third-order valence-electron chi connectivity index (χ3n) is 3.54. The molecule has 1 rings (SSSR count). The van der Waals surface area contributed by atoms with Crippen LogP contribution in [0.2, 0.25) is 0 Å². The molecule has 5 heteroatoms. The van der Waals surface area contributed by atoms with Gasteiger partial charge in [0.15, 0.2) is 0 Å². The smallest absolute Gasteiger partial charge is 0.224 e. The molecular formula is C17H29ClN2O2. The van der Waals surface area contributed by atoms with Crippen molar-refractivity contribution in [3.8, 4) is 0 Å². The highest BCUT2D eigenvalue weighted by Gasteiger charge is 2.21. The molecule has 0 aliphatic carbocycles. The monoisotopic (exact) mass is 328 g/mol. The molecule has 0 heterocycles. The van der Waals surface area contributed by atoms with Gasteiger partial charge in [-0.3, -0.25) is 4.79 Å². The second-order valence-electron chi connectivity index (χ2n) is 5.34. The van der Waals surface area contributed by atoms with E-state index in [4.69, 9.17) is 10.5 Å². The molecule has 126 valence electrons. The molecule has 22 heavy (non-hydrogen) atoms. The summed E-state index contributed by atoms with van der Waals surface area (Å²) in [6.07, 6.45) is 3.07. The number of unbranched alkanes of at least 4 members (excludes halogenated alkanes) is 1. The normalized spacial score (nSPS) is 13.0. The molecule has 0 aromatic heterocycles. The molecule has 4 nitrogen and oxygen atoms in total. The Balaban J connectivity index is 0.00000441. The lowest BCUT2D eigenvalue weighted by Gasteiger charge is -2.19. The molecule has 0 saturated heterocycles. The summed E-state index contributed by atoms with van der Waals surface area (Å²) in [5.41, 5.74) is 7.13. The Kier molecular flexibility index (Phi) is 11.8. The summed E-state index contributed by atoms with van der Waals surface area (Å²) >= 11 is 0. The van der Waals surface area contributed by atoms with E-state index in [1.54, 1.807) is 0 Å². The summed E-state index contributed by atoms with van der Waals surface area (Å²) in [5.74, 6) is -0.242. The van der Waals surface area contributed by atoms with Gasteiger partial charge in [0.05, 0.1) is 5.92 Å². The van der Waals surface area contributed by atoms with E-state index in [2.05, 4.69) is 12.2 Å². The van der Waals surface area contributed by atoms with E-state index in [1.807, 2.05) is 37.3 Å². The minimum absolute atomic E-state index is 0. The minimum Gasteiger partial charge on any atom is -0.381 e. The Morgan fingerprint density at radius 3 is 2.50 bits per heavy atom. The Hall–Kier alpha value is -1.10. The fourth-order valence-electron chi connectivity index (χ4n) is 2.02. The predicted molar refractivity (Wildman–Crippen MR) is 93.1 cm³/mol. The first-order chi connectivity index (χ1) is 10.2. The Morgan fingerprint density at radius 1 is 1.23 bits per heavy atom. The van der Waals surface area contributed by atoms with Gasteiger partial charge in [0.25, 0.3) is 0 Å². The first-order valence-electron chi connectivity index (χ1n) is 7.82. The molecule has 0 fully saturated rings. The average Bonchev–Trinajstić information content (AvgIpc) is 2.53. The zero-order valence-electron chi connectivity index (χ0n) is 13.6. The molecule has 0 bridgehead atoms. The van der Waals surface area contributed by atoms with Crippen LogP contribution in [0.5, 0.6) is 0 Å². The largest absolute Gasteiger partial charge is 0.381 e. The van der Waals surface area contributed by atoms with E-state index < -0.39 is 0 Å². The third-order valence-corrected chi connectivity index (χ3v) is 3.54. The molecule has 1 amide bonds. The summed E-state index contributed by atoms with van der Waals surface area (Å²) in [7, 11) is 0. The quantitative estimate of drug-likeness (QED) is 0.649. The molecule has 2 atom stereocenters. The van der Waals surface area contributed by atoms with E-state index in [1.165, 1.54) is 0 Å². The summed E-state index contributed by atoms with van der Waals surface area (Å²) in [5, 5.41) is 2.93. The van der Waals surface area contributed by atoms with Crippen LogP contribution in [-0.4, -0.2) is 25.7 Å². The molecule has 0 aliphatic rings. The lowest BCUT2D eigenvalue weighted by molar-refractivity contribution is -0.125. The van der Waals surface area contributed by atoms with Gasteiger partial charge in [-0.2, -0.15) is 0 Å². The highest BCUT2D eigenvalue weighted by atomic mass is 35.5. The van der Waals surface area contributed by atoms with E-state index in [9.17, 15) is 4.79 Å². The van der Waals surface area contributed by atoms with Crippen molar-refractivity contribution < 1.29 is 9.53 Å². The van der Waals surface area contributed by atoms with Crippen LogP contribution in [0.25, 0.3) is 0 Å². The third kappa shape index (κ3) is 7.78. The van der Waals surface area contributed by atoms with Crippen LogP contribution >= 0.6 is 12.4 Å². The fraction of sp³-hybridized carbons (Fsp3) is 0.588. The maximum atomic E-state index is 12.1. The summed E-state index contributed by atoms with van der Waals surface area (Å²) in [6.45, 7) is 6.14. The first-order valence-corrected chi connectivity index (χ1v) is 7.82. The van der Waals surface area contributed by atoms with E-state index >= 15 is 0 Å². The first kappa shape index (κ1) is 20.9. The Bertz CT molecular complexity index is 401. The number of carbonyl (C=O) groups excluding carboxylic acids is 1. The molecule has 0 aliphatic heterocycles. The number of rotatable bonds is 10. The molecule has 1 aromatic carbocycles. The fourth-order valence-corrected chi connectivity index (χ4v) is 2.02. The number of hydrogen-bond acceptors (Lipinski definition) is 3. The number of carbonyl (C=O) groups is 1.